The first-order valence-electron chi connectivity index (χ1n) is 22.2. The van der Waals surface area contributed by atoms with Gasteiger partial charge in [-0.15, -0.1) is 0 Å². The predicted octanol–water partition coefficient (Wildman–Crippen LogP) is 2.17. The fraction of sp³-hybridized carbons (Fsp3) is 0.744. The van der Waals surface area contributed by atoms with E-state index in [4.69, 9.17) is 10.5 Å². The molecule has 0 bridgehead atoms. The number of amides is 2. The molecule has 1 aliphatic rings. The number of hydrogen-bond acceptors (Lipinski definition) is 22. The molecule has 3 rings (SSSR count). The van der Waals surface area contributed by atoms with E-state index in [2.05, 4.69) is 50.4 Å². The molecule has 2 unspecified atom stereocenters. The molecule has 67 heavy (non-hydrogen) atoms. The Morgan fingerprint density at radius 3 is 2.16 bits per heavy atom. The van der Waals surface area contributed by atoms with Crippen molar-refractivity contribution in [3.8, 4) is 0 Å². The molecule has 0 radical (unpaired) electrons. The summed E-state index contributed by atoms with van der Waals surface area (Å²) in [4.78, 5) is 96.7. The predicted molar refractivity (Wildman–Crippen MR) is 238 cm³/mol. The van der Waals surface area contributed by atoms with Crippen molar-refractivity contribution in [3.05, 3.63) is 24.8 Å². The molecule has 0 saturated carbocycles. The molecule has 382 valence electrons. The smallest absolute Gasteiger partial charge is 0.274 e. The van der Waals surface area contributed by atoms with E-state index in [0.717, 1.165) is 48.2 Å². The number of thioether (sulfide) groups is 1. The second-order valence-electron chi connectivity index (χ2n) is 16.6. The van der Waals surface area contributed by atoms with Crippen LogP contribution in [0.15, 0.2) is 24.8 Å². The number of phosphoric ester groups is 3. The van der Waals surface area contributed by atoms with Gasteiger partial charge in [0.1, 0.15) is 36.3 Å². The van der Waals surface area contributed by atoms with Gasteiger partial charge in [0, 0.05) is 30.7 Å². The number of rotatable bonds is 34. The van der Waals surface area contributed by atoms with E-state index in [0.29, 0.717) is 5.75 Å². The summed E-state index contributed by atoms with van der Waals surface area (Å²) in [5, 5.41) is 26.3. The Hall–Kier alpha value is -2.70. The van der Waals surface area contributed by atoms with Gasteiger partial charge in [-0.25, -0.2) is 19.3 Å². The number of nitrogens with one attached hydrogen (secondary N) is 2. The number of hydrogen-bond donors (Lipinski definition) is 5. The number of anilines is 1. The minimum absolute atomic E-state index is 0.0194. The lowest BCUT2D eigenvalue weighted by molar-refractivity contribution is -0.347. The number of phosphoric acid groups is 3. The van der Waals surface area contributed by atoms with Crippen LogP contribution >= 0.6 is 35.2 Å². The van der Waals surface area contributed by atoms with Gasteiger partial charge in [-0.2, -0.15) is 0 Å². The van der Waals surface area contributed by atoms with E-state index in [9.17, 15) is 57.9 Å². The number of aliphatic hydroxyl groups excluding tert-OH is 2. The van der Waals surface area contributed by atoms with Gasteiger partial charge < -0.3 is 69.0 Å². The Balaban J connectivity index is 1.31. The molecule has 1 saturated heterocycles. The number of imidazole rings is 1. The summed E-state index contributed by atoms with van der Waals surface area (Å²) in [6.45, 7) is 2.36. The van der Waals surface area contributed by atoms with E-state index >= 15 is 0 Å². The average molecular weight is 1030 g/mol. The highest BCUT2D eigenvalue weighted by Crippen LogP contribution is 2.56. The SMILES string of the molecule is CCCCCCCCCCCCCCCC=CC(=O)SCCNC(=O)CCNC(=O)[C@H](O)C(C)(C)COP(=O)([O-])OP(=O)([O-])OC[C@H]1O[C@@H](n2cnc3c(N)ncnc32)[C@H](O)[C@@H]1OP(=O)([O-])[O-]. The standard InChI is InChI=1S/C39H68N7O17P3S/c1-4-5-6-7-8-9-10-11-12-13-14-15-16-17-18-19-30(48)67-23-22-41-29(47)20-21-42-37(51)34(50)39(2,3)25-60-66(57,58)63-65(55,56)59-24-28-33(62-64(52,53)54)32(49)38(61-28)46-27-45-31-35(40)43-26-44-36(31)46/h18-19,26-28,32-34,38,49-50H,4-17,20-25H2,1-3H3,(H,41,47)(H,42,51)(H,55,56)(H,57,58)(H2,40,43,44)(H2,52,53,54)/p-4/t28-,32-,33-,34+,38-/m1/s1. The molecule has 7 atom stereocenters. The number of fused-ring (bicyclic) bond motifs is 1. The van der Waals surface area contributed by atoms with E-state index in [1.807, 2.05) is 6.08 Å². The van der Waals surface area contributed by atoms with Crippen LogP contribution in [0.1, 0.15) is 123 Å². The number of carbonyl (C=O) groups is 3. The lowest BCUT2D eigenvalue weighted by Crippen LogP contribution is -2.46. The summed E-state index contributed by atoms with van der Waals surface area (Å²) in [6, 6.07) is 0. The molecule has 0 aliphatic carbocycles. The number of unbranched alkanes of at least 4 members (excludes halogenated alkanes) is 13. The van der Waals surface area contributed by atoms with Crippen molar-refractivity contribution in [1.29, 1.82) is 0 Å². The molecule has 2 aromatic heterocycles. The zero-order valence-corrected chi connectivity index (χ0v) is 41.5. The van der Waals surface area contributed by atoms with Gasteiger partial charge in [0.05, 0.1) is 27.4 Å². The number of allylic oxidation sites excluding steroid dienone is 1. The Morgan fingerprint density at radius 2 is 1.54 bits per heavy atom. The van der Waals surface area contributed by atoms with Crippen molar-refractivity contribution in [2.45, 2.75) is 148 Å². The fourth-order valence-corrected chi connectivity index (χ4v) is 10.1. The lowest BCUT2D eigenvalue weighted by atomic mass is 9.87. The maximum atomic E-state index is 12.6. The van der Waals surface area contributed by atoms with Crippen LogP contribution in [0.25, 0.3) is 11.2 Å². The van der Waals surface area contributed by atoms with Crippen molar-refractivity contribution in [2.75, 3.05) is 37.8 Å². The minimum atomic E-state index is -5.92. The number of carbonyl (C=O) groups excluding carboxylic acids is 3. The van der Waals surface area contributed by atoms with Crippen LogP contribution in [-0.4, -0.2) is 103 Å². The first kappa shape index (κ1) is 58.6. The third-order valence-electron chi connectivity index (χ3n) is 10.4. The van der Waals surface area contributed by atoms with Crippen LogP contribution in [0.4, 0.5) is 5.82 Å². The monoisotopic (exact) mass is 1030 g/mol. The zero-order valence-electron chi connectivity index (χ0n) is 38.0. The molecular formula is C39H64N7O17P3S-4. The number of nitrogens with two attached hydrogens (primary N) is 1. The van der Waals surface area contributed by atoms with E-state index in [1.165, 1.54) is 84.5 Å². The minimum Gasteiger partial charge on any atom is -0.790 e. The quantitative estimate of drug-likeness (QED) is 0.0381. The van der Waals surface area contributed by atoms with E-state index in [-0.39, 0.29) is 41.6 Å². The highest BCUT2D eigenvalue weighted by atomic mass is 32.2. The molecule has 6 N–H and O–H groups in total. The highest BCUT2D eigenvalue weighted by Gasteiger charge is 2.47. The number of aromatic nitrogens is 4. The molecule has 2 aromatic rings. The Labute approximate surface area is 394 Å². The molecule has 1 aliphatic heterocycles. The summed E-state index contributed by atoms with van der Waals surface area (Å²) < 4.78 is 60.8. The Kier molecular flexibility index (Phi) is 25.2. The van der Waals surface area contributed by atoms with Crippen LogP contribution < -0.4 is 35.9 Å². The highest BCUT2D eigenvalue weighted by molar-refractivity contribution is 8.14. The molecule has 28 heteroatoms. The van der Waals surface area contributed by atoms with Crippen LogP contribution in [0, 0.1) is 5.41 Å². The van der Waals surface area contributed by atoms with Gasteiger partial charge in [-0.3, -0.25) is 28.1 Å². The number of ether oxygens (including phenoxy) is 1. The van der Waals surface area contributed by atoms with E-state index < -0.39 is 84.6 Å². The second-order valence-corrected chi connectivity index (χ2v) is 21.7. The molecule has 3 heterocycles. The van der Waals surface area contributed by atoms with Crippen molar-refractivity contribution in [3.63, 3.8) is 0 Å². The third-order valence-corrected chi connectivity index (χ3v) is 14.3. The first-order valence-corrected chi connectivity index (χ1v) is 27.6. The molecule has 1 fully saturated rings. The summed E-state index contributed by atoms with van der Waals surface area (Å²) in [6.07, 6.45) is 13.2. The Morgan fingerprint density at radius 1 is 0.925 bits per heavy atom. The first-order chi connectivity index (χ1) is 31.6. The summed E-state index contributed by atoms with van der Waals surface area (Å²) >= 11 is 1.06. The average Bonchev–Trinajstić information content (AvgIpc) is 3.81. The lowest BCUT2D eigenvalue weighted by Gasteiger charge is -2.36. The van der Waals surface area contributed by atoms with E-state index in [1.54, 1.807) is 6.08 Å². The summed E-state index contributed by atoms with van der Waals surface area (Å²) in [5.41, 5.74) is 4.09. The maximum absolute atomic E-state index is 12.6. The van der Waals surface area contributed by atoms with Crippen molar-refractivity contribution in [1.82, 2.24) is 30.2 Å². The largest absolute Gasteiger partial charge is 0.790 e. The van der Waals surface area contributed by atoms with Crippen molar-refractivity contribution < 1.29 is 80.5 Å². The third kappa shape index (κ3) is 21.9. The van der Waals surface area contributed by atoms with Gasteiger partial charge in [-0.1, -0.05) is 116 Å². The number of nitrogens with zero attached hydrogens (tertiary/aromatic N) is 4. The molecule has 24 nitrogen and oxygen atoms in total. The zero-order chi connectivity index (χ0) is 49.7. The second kappa shape index (κ2) is 28.8. The van der Waals surface area contributed by atoms with Crippen LogP contribution in [0.3, 0.4) is 0 Å². The molecule has 0 aromatic carbocycles. The van der Waals surface area contributed by atoms with Crippen molar-refractivity contribution >= 4 is 69.1 Å². The van der Waals surface area contributed by atoms with Gasteiger partial charge in [-0.05, 0) is 18.9 Å². The van der Waals surface area contributed by atoms with Gasteiger partial charge >= 0.3 is 0 Å². The summed E-state index contributed by atoms with van der Waals surface area (Å²) in [7, 11) is -17.6. The molecule has 0 spiro atoms. The van der Waals surface area contributed by atoms with Crippen LogP contribution in [0.5, 0.6) is 0 Å². The fourth-order valence-electron chi connectivity index (χ4n) is 6.77. The van der Waals surface area contributed by atoms with Gasteiger partial charge in [0.25, 0.3) is 15.6 Å². The normalized spacial score (nSPS) is 20.2. The molecule has 2 amide bonds. The molecular weight excluding hydrogens is 963 g/mol. The topological polar surface area (TPSA) is 375 Å². The number of nitrogen functional groups attached to an aromatic ring is 1. The maximum Gasteiger partial charge on any atom is 0.274 e. The summed E-state index contributed by atoms with van der Waals surface area (Å²) in [5.74, 6) is -1.20. The number of aliphatic hydroxyl groups is 2. The Bertz CT molecular complexity index is 2040. The van der Waals surface area contributed by atoms with Crippen LogP contribution in [0.2, 0.25) is 0 Å². The van der Waals surface area contributed by atoms with Crippen LogP contribution in [-0.2, 0) is 50.7 Å². The van der Waals surface area contributed by atoms with Crippen molar-refractivity contribution in [2.24, 2.45) is 5.41 Å². The van der Waals surface area contributed by atoms with Gasteiger partial charge in [0.2, 0.25) is 16.9 Å². The van der Waals surface area contributed by atoms with Gasteiger partial charge in [0.15, 0.2) is 17.7 Å².